The van der Waals surface area contributed by atoms with Crippen molar-refractivity contribution in [3.8, 4) is 0 Å². The molecule has 0 bridgehead atoms. The summed E-state index contributed by atoms with van der Waals surface area (Å²) in [6.07, 6.45) is 2.86. The lowest BCUT2D eigenvalue weighted by Gasteiger charge is -2.19. The van der Waals surface area contributed by atoms with Crippen LogP contribution < -0.4 is 10.5 Å². The summed E-state index contributed by atoms with van der Waals surface area (Å²) in [4.78, 5) is 3.83. The van der Waals surface area contributed by atoms with E-state index in [0.717, 1.165) is 0 Å². The van der Waals surface area contributed by atoms with Gasteiger partial charge in [0.05, 0.1) is 12.4 Å². The number of amidine groups is 1. The molecule has 1 rings (SSSR count). The van der Waals surface area contributed by atoms with Gasteiger partial charge in [-0.2, -0.15) is 4.72 Å². The predicted octanol–water partition coefficient (Wildman–Crippen LogP) is -0.0477. The molecule has 108 valence electrons. The highest BCUT2D eigenvalue weighted by molar-refractivity contribution is 7.89. The molecule has 0 aliphatic rings. The summed E-state index contributed by atoms with van der Waals surface area (Å²) < 4.78 is 28.3. The van der Waals surface area contributed by atoms with Crippen LogP contribution in [0.4, 0.5) is 0 Å². The lowest BCUT2D eigenvalue weighted by molar-refractivity contribution is 0.313. The van der Waals surface area contributed by atoms with Gasteiger partial charge in [0, 0.05) is 12.7 Å². The molecule has 0 aliphatic carbocycles. The molecular formula is C10H19N5O3S. The molecule has 0 saturated carbocycles. The van der Waals surface area contributed by atoms with E-state index in [4.69, 9.17) is 10.9 Å². The lowest BCUT2D eigenvalue weighted by Crippen LogP contribution is -2.47. The molecule has 1 atom stereocenters. The lowest BCUT2D eigenvalue weighted by atomic mass is 10.1. The Morgan fingerprint density at radius 2 is 2.26 bits per heavy atom. The van der Waals surface area contributed by atoms with Gasteiger partial charge in [-0.3, -0.25) is 0 Å². The van der Waals surface area contributed by atoms with Crippen molar-refractivity contribution >= 4 is 15.9 Å². The van der Waals surface area contributed by atoms with Crippen LogP contribution in [0.3, 0.4) is 0 Å². The van der Waals surface area contributed by atoms with Crippen LogP contribution >= 0.6 is 0 Å². The van der Waals surface area contributed by atoms with Gasteiger partial charge in [0.15, 0.2) is 10.9 Å². The fourth-order valence-corrected chi connectivity index (χ4v) is 2.79. The molecule has 1 aromatic heterocycles. The van der Waals surface area contributed by atoms with E-state index in [0.29, 0.717) is 6.54 Å². The molecule has 0 saturated heterocycles. The number of hydrogen-bond donors (Lipinski definition) is 3. The van der Waals surface area contributed by atoms with Crippen molar-refractivity contribution in [2.75, 3.05) is 0 Å². The normalized spacial score (nSPS) is 14.8. The molecule has 1 aromatic rings. The van der Waals surface area contributed by atoms with E-state index < -0.39 is 16.1 Å². The van der Waals surface area contributed by atoms with Crippen LogP contribution in [0, 0.1) is 5.92 Å². The zero-order valence-corrected chi connectivity index (χ0v) is 11.9. The molecule has 0 aliphatic heterocycles. The van der Waals surface area contributed by atoms with Crippen LogP contribution in [0.25, 0.3) is 0 Å². The molecule has 0 spiro atoms. The van der Waals surface area contributed by atoms with Gasteiger partial charge < -0.3 is 15.5 Å². The minimum atomic E-state index is -3.80. The summed E-state index contributed by atoms with van der Waals surface area (Å²) in [7, 11) is -3.80. The maximum Gasteiger partial charge on any atom is 0.260 e. The van der Waals surface area contributed by atoms with Crippen LogP contribution in [-0.2, 0) is 16.6 Å². The Morgan fingerprint density at radius 3 is 2.68 bits per heavy atom. The predicted molar refractivity (Wildman–Crippen MR) is 70.3 cm³/mol. The first kappa shape index (κ1) is 15.4. The minimum Gasteiger partial charge on any atom is -0.409 e. The molecule has 0 aromatic carbocycles. The average Bonchev–Trinajstić information content (AvgIpc) is 2.84. The van der Waals surface area contributed by atoms with Crippen molar-refractivity contribution in [3.05, 3.63) is 12.5 Å². The maximum atomic E-state index is 12.1. The number of aryl methyl sites for hydroxylation is 1. The van der Waals surface area contributed by atoms with Crippen molar-refractivity contribution < 1.29 is 13.6 Å². The molecule has 0 amide bonds. The van der Waals surface area contributed by atoms with Gasteiger partial charge in [-0.15, -0.1) is 0 Å². The first-order chi connectivity index (χ1) is 8.81. The van der Waals surface area contributed by atoms with Gasteiger partial charge in [-0.25, -0.2) is 13.4 Å². The van der Waals surface area contributed by atoms with Crippen molar-refractivity contribution in [1.29, 1.82) is 0 Å². The molecule has 4 N–H and O–H groups in total. The Labute approximate surface area is 112 Å². The van der Waals surface area contributed by atoms with E-state index in [-0.39, 0.29) is 16.8 Å². The summed E-state index contributed by atoms with van der Waals surface area (Å²) in [5.41, 5.74) is 5.48. The third-order valence-corrected chi connectivity index (χ3v) is 3.96. The Balaban J connectivity index is 3.00. The first-order valence-corrected chi connectivity index (χ1v) is 7.31. The molecule has 9 heteroatoms. The Bertz CT molecular complexity index is 549. The van der Waals surface area contributed by atoms with Crippen molar-refractivity contribution in [3.63, 3.8) is 0 Å². The summed E-state index contributed by atoms with van der Waals surface area (Å²) in [6, 6.07) is -0.790. The standard InChI is InChI=1S/C10H19N5O3S/c1-4-15-5-8(12-6-15)19(17,18)14-9(7(2)3)10(11)13-16/h5-7,9,14,16H,4H2,1-3H3,(H2,11,13). The first-order valence-electron chi connectivity index (χ1n) is 5.83. The van der Waals surface area contributed by atoms with E-state index >= 15 is 0 Å². The molecule has 1 unspecified atom stereocenters. The quantitative estimate of drug-likeness (QED) is 0.293. The van der Waals surface area contributed by atoms with Crippen molar-refractivity contribution in [2.45, 2.75) is 38.4 Å². The Hall–Kier alpha value is -1.61. The van der Waals surface area contributed by atoms with Gasteiger partial charge in [0.25, 0.3) is 10.0 Å². The van der Waals surface area contributed by atoms with Crippen LogP contribution in [0.15, 0.2) is 22.7 Å². The second-order valence-corrected chi connectivity index (χ2v) is 6.07. The summed E-state index contributed by atoms with van der Waals surface area (Å²) in [5, 5.41) is 11.4. The number of hydrogen-bond acceptors (Lipinski definition) is 5. The number of oxime groups is 1. The fourth-order valence-electron chi connectivity index (χ4n) is 1.48. The van der Waals surface area contributed by atoms with Crippen molar-refractivity contribution in [2.24, 2.45) is 16.8 Å². The zero-order chi connectivity index (χ0) is 14.6. The summed E-state index contributed by atoms with van der Waals surface area (Å²) >= 11 is 0. The zero-order valence-electron chi connectivity index (χ0n) is 11.1. The largest absolute Gasteiger partial charge is 0.409 e. The number of nitrogens with one attached hydrogen (secondary N) is 1. The third kappa shape index (κ3) is 3.67. The SMILES string of the molecule is CCn1cnc(S(=O)(=O)NC(C(N)=NO)C(C)C)c1. The summed E-state index contributed by atoms with van der Waals surface area (Å²) in [5.74, 6) is -0.354. The van der Waals surface area contributed by atoms with Crippen LogP contribution in [0.5, 0.6) is 0 Å². The molecular weight excluding hydrogens is 270 g/mol. The van der Waals surface area contributed by atoms with Gasteiger partial charge in [0.2, 0.25) is 0 Å². The number of nitrogens with zero attached hydrogens (tertiary/aromatic N) is 3. The Kier molecular flexibility index (Phi) is 4.90. The van der Waals surface area contributed by atoms with E-state index in [1.165, 1.54) is 12.5 Å². The van der Waals surface area contributed by atoms with E-state index in [1.54, 1.807) is 18.4 Å². The van der Waals surface area contributed by atoms with Gasteiger partial charge in [-0.1, -0.05) is 19.0 Å². The van der Waals surface area contributed by atoms with Crippen LogP contribution in [0.1, 0.15) is 20.8 Å². The number of imidazole rings is 1. The average molecular weight is 289 g/mol. The van der Waals surface area contributed by atoms with E-state index in [9.17, 15) is 8.42 Å². The topological polar surface area (TPSA) is 123 Å². The van der Waals surface area contributed by atoms with Crippen LogP contribution in [-0.4, -0.2) is 35.1 Å². The molecule has 19 heavy (non-hydrogen) atoms. The minimum absolute atomic E-state index is 0.0919. The fraction of sp³-hybridized carbons (Fsp3) is 0.600. The van der Waals surface area contributed by atoms with Gasteiger partial charge in [-0.05, 0) is 12.8 Å². The highest BCUT2D eigenvalue weighted by Crippen LogP contribution is 2.10. The van der Waals surface area contributed by atoms with E-state index in [2.05, 4.69) is 14.9 Å². The second kappa shape index (κ2) is 6.02. The molecule has 0 fully saturated rings. The highest BCUT2D eigenvalue weighted by atomic mass is 32.2. The number of sulfonamides is 1. The number of aromatic nitrogens is 2. The number of nitrogens with two attached hydrogens (primary N) is 1. The van der Waals surface area contributed by atoms with Crippen LogP contribution in [0.2, 0.25) is 0 Å². The monoisotopic (exact) mass is 289 g/mol. The van der Waals surface area contributed by atoms with E-state index in [1.807, 2.05) is 6.92 Å². The maximum absolute atomic E-state index is 12.1. The van der Waals surface area contributed by atoms with Gasteiger partial charge >= 0.3 is 0 Å². The molecule has 8 nitrogen and oxygen atoms in total. The highest BCUT2D eigenvalue weighted by Gasteiger charge is 2.27. The number of rotatable bonds is 6. The summed E-state index contributed by atoms with van der Waals surface area (Å²) in [6.45, 7) is 6.01. The molecule has 1 heterocycles. The Morgan fingerprint density at radius 1 is 1.63 bits per heavy atom. The second-order valence-electron chi connectivity index (χ2n) is 4.41. The molecule has 0 radical (unpaired) electrons. The third-order valence-electron chi connectivity index (χ3n) is 2.63. The van der Waals surface area contributed by atoms with Crippen molar-refractivity contribution in [1.82, 2.24) is 14.3 Å². The smallest absolute Gasteiger partial charge is 0.260 e. The van der Waals surface area contributed by atoms with Gasteiger partial charge in [0.1, 0.15) is 0 Å².